The van der Waals surface area contributed by atoms with Gasteiger partial charge in [-0.05, 0) is 43.5 Å². The second-order valence-corrected chi connectivity index (χ2v) is 5.48. The second-order valence-electron chi connectivity index (χ2n) is 5.48. The fraction of sp³-hybridized carbons (Fsp3) is 0.471. The molecule has 0 bridgehead atoms. The van der Waals surface area contributed by atoms with Gasteiger partial charge in [-0.15, -0.1) is 0 Å². The molecule has 1 aromatic carbocycles. The zero-order valence-corrected chi connectivity index (χ0v) is 12.5. The first-order valence-electron chi connectivity index (χ1n) is 7.52. The summed E-state index contributed by atoms with van der Waals surface area (Å²) in [5.74, 6) is 0.645. The van der Waals surface area contributed by atoms with E-state index < -0.39 is 5.60 Å². The first-order chi connectivity index (χ1) is 10.1. The van der Waals surface area contributed by atoms with Crippen LogP contribution in [-0.2, 0) is 4.79 Å². The summed E-state index contributed by atoms with van der Waals surface area (Å²) >= 11 is 0. The van der Waals surface area contributed by atoms with Crippen molar-refractivity contribution in [2.75, 3.05) is 13.2 Å². The van der Waals surface area contributed by atoms with E-state index in [4.69, 9.17) is 4.74 Å². The van der Waals surface area contributed by atoms with Crippen LogP contribution in [0, 0.1) is 0 Å². The number of hydrogen-bond acceptors (Lipinski definition) is 3. The van der Waals surface area contributed by atoms with Crippen LogP contribution in [-0.4, -0.2) is 29.8 Å². The van der Waals surface area contributed by atoms with Crippen molar-refractivity contribution in [2.45, 2.75) is 38.2 Å². The first kappa shape index (κ1) is 15.6. The molecule has 0 aliphatic heterocycles. The number of carbonyl (C=O) groups excluding carboxylic acids is 1. The molecular weight excluding hydrogens is 266 g/mol. The van der Waals surface area contributed by atoms with Crippen molar-refractivity contribution in [2.24, 2.45) is 0 Å². The summed E-state index contributed by atoms with van der Waals surface area (Å²) in [6.07, 6.45) is 6.87. The Bertz CT molecular complexity index is 487. The maximum absolute atomic E-state index is 11.8. The third-order valence-corrected chi connectivity index (χ3v) is 3.74. The minimum Gasteiger partial charge on any atom is -0.494 e. The molecule has 4 heteroatoms. The molecule has 21 heavy (non-hydrogen) atoms. The number of hydrogen-bond donors (Lipinski definition) is 2. The second kappa shape index (κ2) is 7.27. The SMILES string of the molecule is CCOc1ccc(C=CC(=O)NCC2(O)CCCC2)cc1. The summed E-state index contributed by atoms with van der Waals surface area (Å²) in [5, 5.41) is 12.9. The number of amides is 1. The van der Waals surface area contributed by atoms with Crippen molar-refractivity contribution < 1.29 is 14.6 Å². The van der Waals surface area contributed by atoms with Gasteiger partial charge in [-0.1, -0.05) is 25.0 Å². The van der Waals surface area contributed by atoms with E-state index in [0.29, 0.717) is 13.2 Å². The lowest BCUT2D eigenvalue weighted by Gasteiger charge is -2.21. The monoisotopic (exact) mass is 289 g/mol. The maximum Gasteiger partial charge on any atom is 0.244 e. The van der Waals surface area contributed by atoms with E-state index in [0.717, 1.165) is 37.0 Å². The molecule has 0 spiro atoms. The molecule has 1 saturated carbocycles. The van der Waals surface area contributed by atoms with Gasteiger partial charge in [-0.3, -0.25) is 4.79 Å². The molecule has 0 unspecified atom stereocenters. The van der Waals surface area contributed by atoms with E-state index in [-0.39, 0.29) is 5.91 Å². The van der Waals surface area contributed by atoms with Crippen molar-refractivity contribution in [3.05, 3.63) is 35.9 Å². The number of rotatable bonds is 6. The van der Waals surface area contributed by atoms with Crippen LogP contribution in [0.25, 0.3) is 6.08 Å². The molecule has 1 amide bonds. The minimum absolute atomic E-state index is 0.177. The van der Waals surface area contributed by atoms with E-state index in [9.17, 15) is 9.90 Å². The lowest BCUT2D eigenvalue weighted by molar-refractivity contribution is -0.117. The number of ether oxygens (including phenoxy) is 1. The lowest BCUT2D eigenvalue weighted by atomic mass is 10.0. The maximum atomic E-state index is 11.8. The summed E-state index contributed by atoms with van der Waals surface area (Å²) in [5.41, 5.74) is 0.232. The molecule has 1 aromatic rings. The van der Waals surface area contributed by atoms with Gasteiger partial charge in [0.1, 0.15) is 5.75 Å². The molecule has 4 nitrogen and oxygen atoms in total. The third-order valence-electron chi connectivity index (χ3n) is 3.74. The fourth-order valence-electron chi connectivity index (χ4n) is 2.53. The summed E-state index contributed by atoms with van der Waals surface area (Å²) < 4.78 is 5.36. The van der Waals surface area contributed by atoms with Crippen LogP contribution in [0.5, 0.6) is 5.75 Å². The summed E-state index contributed by atoms with van der Waals surface area (Å²) in [6.45, 7) is 2.91. The average molecular weight is 289 g/mol. The van der Waals surface area contributed by atoms with Gasteiger partial charge in [0.25, 0.3) is 0 Å². The van der Waals surface area contributed by atoms with E-state index in [1.54, 1.807) is 6.08 Å². The Morgan fingerprint density at radius 1 is 1.33 bits per heavy atom. The van der Waals surface area contributed by atoms with Crippen LogP contribution in [0.1, 0.15) is 38.2 Å². The number of benzene rings is 1. The predicted molar refractivity (Wildman–Crippen MR) is 83.1 cm³/mol. The van der Waals surface area contributed by atoms with E-state index in [1.165, 1.54) is 6.08 Å². The highest BCUT2D eigenvalue weighted by Crippen LogP contribution is 2.28. The van der Waals surface area contributed by atoms with Crippen molar-refractivity contribution in [3.8, 4) is 5.75 Å². The lowest BCUT2D eigenvalue weighted by Crippen LogP contribution is -2.40. The fourth-order valence-corrected chi connectivity index (χ4v) is 2.53. The molecule has 0 aromatic heterocycles. The Kier molecular flexibility index (Phi) is 5.39. The first-order valence-corrected chi connectivity index (χ1v) is 7.52. The quantitative estimate of drug-likeness (QED) is 0.791. The zero-order chi connectivity index (χ0) is 15.1. The van der Waals surface area contributed by atoms with Gasteiger partial charge in [-0.25, -0.2) is 0 Å². The Morgan fingerprint density at radius 2 is 2.00 bits per heavy atom. The highest BCUT2D eigenvalue weighted by molar-refractivity contribution is 5.91. The normalized spacial score (nSPS) is 17.0. The topological polar surface area (TPSA) is 58.6 Å². The highest BCUT2D eigenvalue weighted by Gasteiger charge is 2.30. The van der Waals surface area contributed by atoms with Crippen LogP contribution in [0.4, 0.5) is 0 Å². The van der Waals surface area contributed by atoms with Gasteiger partial charge in [-0.2, -0.15) is 0 Å². The van der Waals surface area contributed by atoms with Crippen molar-refractivity contribution in [1.29, 1.82) is 0 Å². The molecule has 0 saturated heterocycles. The Labute approximate surface area is 125 Å². The van der Waals surface area contributed by atoms with Crippen LogP contribution in [0.3, 0.4) is 0 Å². The van der Waals surface area contributed by atoms with E-state index >= 15 is 0 Å². The van der Waals surface area contributed by atoms with Gasteiger partial charge < -0.3 is 15.2 Å². The Hall–Kier alpha value is -1.81. The molecule has 0 radical (unpaired) electrons. The molecule has 2 N–H and O–H groups in total. The minimum atomic E-state index is -0.706. The van der Waals surface area contributed by atoms with Crippen molar-refractivity contribution in [3.63, 3.8) is 0 Å². The smallest absolute Gasteiger partial charge is 0.244 e. The molecule has 1 aliphatic carbocycles. The van der Waals surface area contributed by atoms with Gasteiger partial charge >= 0.3 is 0 Å². The largest absolute Gasteiger partial charge is 0.494 e. The van der Waals surface area contributed by atoms with Gasteiger partial charge in [0.2, 0.25) is 5.91 Å². The number of aliphatic hydroxyl groups is 1. The van der Waals surface area contributed by atoms with Crippen LogP contribution in [0.15, 0.2) is 30.3 Å². The summed E-state index contributed by atoms with van der Waals surface area (Å²) in [4.78, 5) is 11.8. The molecule has 0 heterocycles. The van der Waals surface area contributed by atoms with E-state index in [1.807, 2.05) is 31.2 Å². The van der Waals surface area contributed by atoms with Gasteiger partial charge in [0.15, 0.2) is 0 Å². The zero-order valence-electron chi connectivity index (χ0n) is 12.5. The summed E-state index contributed by atoms with van der Waals surface area (Å²) in [7, 11) is 0. The average Bonchev–Trinajstić information content (AvgIpc) is 2.92. The van der Waals surface area contributed by atoms with Crippen LogP contribution >= 0.6 is 0 Å². The third kappa shape index (κ3) is 4.90. The Morgan fingerprint density at radius 3 is 2.62 bits per heavy atom. The van der Waals surface area contributed by atoms with E-state index in [2.05, 4.69) is 5.32 Å². The number of carbonyl (C=O) groups is 1. The standard InChI is InChI=1S/C17H23NO3/c1-2-21-15-8-5-14(6-9-15)7-10-16(19)18-13-17(20)11-3-4-12-17/h5-10,20H,2-4,11-13H2,1H3,(H,18,19). The molecular formula is C17H23NO3. The van der Waals surface area contributed by atoms with Gasteiger partial charge in [0.05, 0.1) is 12.2 Å². The van der Waals surface area contributed by atoms with Crippen LogP contribution in [0.2, 0.25) is 0 Å². The number of nitrogens with one attached hydrogen (secondary N) is 1. The van der Waals surface area contributed by atoms with Crippen molar-refractivity contribution >= 4 is 12.0 Å². The molecule has 2 rings (SSSR count). The highest BCUT2D eigenvalue weighted by atomic mass is 16.5. The molecule has 1 fully saturated rings. The van der Waals surface area contributed by atoms with Crippen LogP contribution < -0.4 is 10.1 Å². The molecule has 1 aliphatic rings. The Balaban J connectivity index is 1.81. The predicted octanol–water partition coefficient (Wildman–Crippen LogP) is 2.52. The molecule has 114 valence electrons. The van der Waals surface area contributed by atoms with Crippen molar-refractivity contribution in [1.82, 2.24) is 5.32 Å². The molecule has 0 atom stereocenters. The van der Waals surface area contributed by atoms with Gasteiger partial charge in [0, 0.05) is 12.6 Å². The summed E-state index contributed by atoms with van der Waals surface area (Å²) in [6, 6.07) is 7.56.